The Balaban J connectivity index is 1.69. The Kier molecular flexibility index (Phi) is 4.61. The number of hydrogen-bond acceptors (Lipinski definition) is 7. The van der Waals surface area contributed by atoms with Crippen LogP contribution in [0.3, 0.4) is 0 Å². The summed E-state index contributed by atoms with van der Waals surface area (Å²) in [6, 6.07) is 7.38. The highest BCUT2D eigenvalue weighted by molar-refractivity contribution is 7.71. The minimum Gasteiger partial charge on any atom is -0.485 e. The summed E-state index contributed by atoms with van der Waals surface area (Å²) in [6.45, 7) is 2.69. The average Bonchev–Trinajstić information content (AvgIpc) is 2.94. The van der Waals surface area contributed by atoms with Gasteiger partial charge < -0.3 is 18.6 Å². The molecule has 0 fully saturated rings. The molecule has 1 unspecified atom stereocenters. The molecule has 3 rings (SSSR count). The Bertz CT molecular complexity index is 754. The van der Waals surface area contributed by atoms with Gasteiger partial charge in [0.1, 0.15) is 6.61 Å². The summed E-state index contributed by atoms with van der Waals surface area (Å²) in [5, 5.41) is 4.27. The number of carbonyl (C=O) groups excluding carboxylic acids is 1. The van der Waals surface area contributed by atoms with Crippen LogP contribution in [0.5, 0.6) is 11.5 Å². The summed E-state index contributed by atoms with van der Waals surface area (Å²) in [6.07, 6.45) is -0.297. The molecule has 0 saturated carbocycles. The van der Waals surface area contributed by atoms with Crippen LogP contribution in [-0.2, 0) is 16.1 Å². The highest BCUT2D eigenvalue weighted by Crippen LogP contribution is 2.35. The lowest BCUT2D eigenvalue weighted by Gasteiger charge is -2.23. The Morgan fingerprint density at radius 2 is 2.22 bits per heavy atom. The van der Waals surface area contributed by atoms with Crippen LogP contribution in [-0.4, -0.2) is 29.0 Å². The van der Waals surface area contributed by atoms with Gasteiger partial charge in [0.25, 0.3) is 10.7 Å². The molecule has 122 valence electrons. The number of rotatable bonds is 5. The summed E-state index contributed by atoms with van der Waals surface area (Å²) < 4.78 is 23.2. The fraction of sp³-hybridized carbons (Fsp3) is 0.400. The first-order valence-corrected chi connectivity index (χ1v) is 7.70. The van der Waals surface area contributed by atoms with Gasteiger partial charge in [0.05, 0.1) is 19.6 Å². The van der Waals surface area contributed by atoms with Crippen LogP contribution in [0.2, 0.25) is 0 Å². The van der Waals surface area contributed by atoms with Crippen molar-refractivity contribution in [3.05, 3.63) is 35.0 Å². The maximum Gasteiger partial charge on any atom is 0.307 e. The van der Waals surface area contributed by atoms with Gasteiger partial charge in [-0.15, -0.1) is 5.10 Å². The van der Waals surface area contributed by atoms with Gasteiger partial charge in [0.2, 0.25) is 6.10 Å². The zero-order valence-corrected chi connectivity index (χ0v) is 13.4. The Hall–Kier alpha value is -2.35. The van der Waals surface area contributed by atoms with Gasteiger partial charge in [0.15, 0.2) is 11.5 Å². The summed E-state index contributed by atoms with van der Waals surface area (Å²) >= 11 is 5.12. The molecule has 2 heterocycles. The monoisotopic (exact) mass is 336 g/mol. The summed E-state index contributed by atoms with van der Waals surface area (Å²) in [7, 11) is 0. The largest absolute Gasteiger partial charge is 0.485 e. The molecule has 0 N–H and O–H groups in total. The van der Waals surface area contributed by atoms with Crippen molar-refractivity contribution in [1.29, 1.82) is 0 Å². The predicted octanol–water partition coefficient (Wildman–Crippen LogP) is 2.67. The van der Waals surface area contributed by atoms with E-state index in [0.29, 0.717) is 30.5 Å². The van der Waals surface area contributed by atoms with E-state index in [1.54, 1.807) is 6.92 Å². The normalized spacial score (nSPS) is 16.1. The SMILES string of the molecule is CCOC(=O)CCn1nc(C2COc3ccccc3O2)oc1=S. The smallest absolute Gasteiger partial charge is 0.307 e. The number of hydrogen-bond donors (Lipinski definition) is 0. The van der Waals surface area contributed by atoms with Crippen LogP contribution in [0.15, 0.2) is 28.7 Å². The number of benzene rings is 1. The van der Waals surface area contributed by atoms with E-state index in [1.165, 1.54) is 4.68 Å². The van der Waals surface area contributed by atoms with Gasteiger partial charge in [-0.25, -0.2) is 4.68 Å². The van der Waals surface area contributed by atoms with Gasteiger partial charge in [-0.1, -0.05) is 12.1 Å². The van der Waals surface area contributed by atoms with E-state index in [1.807, 2.05) is 24.3 Å². The first-order chi connectivity index (χ1) is 11.2. The molecule has 0 radical (unpaired) electrons. The number of aromatic nitrogens is 2. The van der Waals surface area contributed by atoms with Crippen LogP contribution in [0, 0.1) is 4.84 Å². The van der Waals surface area contributed by atoms with E-state index >= 15 is 0 Å². The van der Waals surface area contributed by atoms with Crippen molar-refractivity contribution >= 4 is 18.2 Å². The number of fused-ring (bicyclic) bond motifs is 1. The molecular formula is C15H16N2O5S. The first kappa shape index (κ1) is 15.5. The molecule has 0 aliphatic carbocycles. The quantitative estimate of drug-likeness (QED) is 0.614. The molecule has 1 aliphatic heterocycles. The van der Waals surface area contributed by atoms with E-state index in [-0.39, 0.29) is 23.8 Å². The van der Waals surface area contributed by atoms with E-state index in [4.69, 9.17) is 30.8 Å². The third-order valence-electron chi connectivity index (χ3n) is 3.24. The molecule has 23 heavy (non-hydrogen) atoms. The van der Waals surface area contributed by atoms with Crippen molar-refractivity contribution in [3.63, 3.8) is 0 Å². The van der Waals surface area contributed by atoms with Crippen molar-refractivity contribution in [2.75, 3.05) is 13.2 Å². The van der Waals surface area contributed by atoms with E-state index in [0.717, 1.165) is 0 Å². The average molecular weight is 336 g/mol. The molecule has 0 amide bonds. The number of esters is 1. The van der Waals surface area contributed by atoms with E-state index < -0.39 is 6.10 Å². The summed E-state index contributed by atoms with van der Waals surface area (Å²) in [5.74, 6) is 1.34. The topological polar surface area (TPSA) is 75.7 Å². The first-order valence-electron chi connectivity index (χ1n) is 7.29. The molecule has 2 aromatic rings. The van der Waals surface area contributed by atoms with Crippen LogP contribution in [0.25, 0.3) is 0 Å². The van der Waals surface area contributed by atoms with E-state index in [9.17, 15) is 4.79 Å². The Labute approximate surface area is 137 Å². The van der Waals surface area contributed by atoms with Crippen molar-refractivity contribution in [2.24, 2.45) is 0 Å². The number of aryl methyl sites for hydroxylation is 1. The molecule has 8 heteroatoms. The van der Waals surface area contributed by atoms with E-state index in [2.05, 4.69) is 5.10 Å². The zero-order chi connectivity index (χ0) is 16.2. The fourth-order valence-corrected chi connectivity index (χ4v) is 2.38. The van der Waals surface area contributed by atoms with Crippen LogP contribution < -0.4 is 9.47 Å². The number of ether oxygens (including phenoxy) is 3. The molecule has 7 nitrogen and oxygen atoms in total. The lowest BCUT2D eigenvalue weighted by molar-refractivity contribution is -0.143. The molecule has 0 bridgehead atoms. The lowest BCUT2D eigenvalue weighted by atomic mass is 10.2. The number of para-hydroxylation sites is 2. The van der Waals surface area contributed by atoms with Crippen molar-refractivity contribution < 1.29 is 23.4 Å². The summed E-state index contributed by atoms with van der Waals surface area (Å²) in [4.78, 5) is 11.6. The van der Waals surface area contributed by atoms with Crippen molar-refractivity contribution in [2.45, 2.75) is 26.0 Å². The molecule has 1 aromatic heterocycles. The molecule has 1 atom stereocenters. The molecular weight excluding hydrogens is 320 g/mol. The highest BCUT2D eigenvalue weighted by atomic mass is 32.1. The molecule has 0 saturated heterocycles. The van der Waals surface area contributed by atoms with Crippen LogP contribution in [0.1, 0.15) is 25.3 Å². The Morgan fingerprint density at radius 1 is 1.43 bits per heavy atom. The third kappa shape index (κ3) is 3.53. The second-order valence-corrected chi connectivity index (χ2v) is 5.20. The van der Waals surface area contributed by atoms with Gasteiger partial charge in [-0.05, 0) is 31.3 Å². The minimum absolute atomic E-state index is 0.180. The standard InChI is InChI=1S/C15H16N2O5S/c1-2-19-13(18)7-8-17-15(23)22-14(16-17)12-9-20-10-5-3-4-6-11(10)21-12/h3-6,12H,2,7-9H2,1H3. The minimum atomic E-state index is -0.476. The van der Waals surface area contributed by atoms with Gasteiger partial charge in [-0.2, -0.15) is 0 Å². The molecule has 1 aromatic carbocycles. The molecule has 0 spiro atoms. The zero-order valence-electron chi connectivity index (χ0n) is 12.6. The Morgan fingerprint density at radius 3 is 3.00 bits per heavy atom. The van der Waals surface area contributed by atoms with Gasteiger partial charge in [0, 0.05) is 0 Å². The number of carbonyl (C=O) groups is 1. The summed E-state index contributed by atoms with van der Waals surface area (Å²) in [5.41, 5.74) is 0. The fourth-order valence-electron chi connectivity index (χ4n) is 2.17. The highest BCUT2D eigenvalue weighted by Gasteiger charge is 2.27. The second kappa shape index (κ2) is 6.82. The van der Waals surface area contributed by atoms with Gasteiger partial charge >= 0.3 is 5.97 Å². The maximum absolute atomic E-state index is 11.4. The van der Waals surface area contributed by atoms with Crippen LogP contribution in [0.4, 0.5) is 0 Å². The lowest BCUT2D eigenvalue weighted by Crippen LogP contribution is -2.22. The molecule has 1 aliphatic rings. The second-order valence-electron chi connectivity index (χ2n) is 4.85. The number of nitrogens with zero attached hydrogens (tertiary/aromatic N) is 2. The maximum atomic E-state index is 11.4. The van der Waals surface area contributed by atoms with Crippen LogP contribution >= 0.6 is 12.2 Å². The van der Waals surface area contributed by atoms with Crippen molar-refractivity contribution in [1.82, 2.24) is 9.78 Å². The van der Waals surface area contributed by atoms with Gasteiger partial charge in [-0.3, -0.25) is 4.79 Å². The predicted molar refractivity (Wildman–Crippen MR) is 81.9 cm³/mol. The third-order valence-corrected chi connectivity index (χ3v) is 3.53. The van der Waals surface area contributed by atoms with Crippen molar-refractivity contribution in [3.8, 4) is 11.5 Å².